The van der Waals surface area contributed by atoms with Crippen molar-refractivity contribution < 1.29 is 4.79 Å². The van der Waals surface area contributed by atoms with E-state index in [1.54, 1.807) is 4.90 Å². The van der Waals surface area contributed by atoms with E-state index in [1.165, 1.54) is 6.20 Å². The van der Waals surface area contributed by atoms with Crippen molar-refractivity contribution in [3.05, 3.63) is 36.0 Å². The van der Waals surface area contributed by atoms with E-state index in [0.717, 1.165) is 37.3 Å². The Kier molecular flexibility index (Phi) is 5.64. The van der Waals surface area contributed by atoms with Crippen LogP contribution in [-0.4, -0.2) is 38.0 Å². The molecule has 1 aliphatic heterocycles. The van der Waals surface area contributed by atoms with Gasteiger partial charge in [0.05, 0.1) is 0 Å². The van der Waals surface area contributed by atoms with Gasteiger partial charge in [-0.1, -0.05) is 13.0 Å². The Morgan fingerprint density at radius 3 is 2.70 bits per heavy atom. The van der Waals surface area contributed by atoms with Crippen LogP contribution in [0.15, 0.2) is 36.0 Å². The number of hydrogen-bond donors (Lipinski definition) is 1. The highest BCUT2D eigenvalue weighted by Crippen LogP contribution is 2.19. The molecule has 1 aliphatic rings. The molecule has 2 rings (SSSR count). The van der Waals surface area contributed by atoms with Crippen molar-refractivity contribution in [2.45, 2.75) is 19.8 Å². The van der Waals surface area contributed by atoms with Crippen LogP contribution in [-0.2, 0) is 4.79 Å². The zero-order valence-electron chi connectivity index (χ0n) is 14.0. The fourth-order valence-electron chi connectivity index (χ4n) is 2.55. The summed E-state index contributed by atoms with van der Waals surface area (Å²) in [5.74, 6) is 0.469. The van der Waals surface area contributed by atoms with Crippen molar-refractivity contribution in [2.24, 2.45) is 5.92 Å². The van der Waals surface area contributed by atoms with Gasteiger partial charge in [-0.3, -0.25) is 4.79 Å². The Labute approximate surface area is 138 Å². The molecule has 122 valence electrons. The molecule has 5 nitrogen and oxygen atoms in total. The first kappa shape index (κ1) is 16.9. The number of likely N-dealkylation sites (tertiary alicyclic amines) is 1. The topological polar surface area (TPSA) is 59.4 Å². The Balaban J connectivity index is 2.05. The molecule has 0 spiro atoms. The molecule has 1 aromatic rings. The van der Waals surface area contributed by atoms with Crippen molar-refractivity contribution in [2.75, 3.05) is 37.4 Å². The Bertz CT molecular complexity index is 622. The fraction of sp³-hybridized carbons (Fsp3) is 0.444. The molecule has 23 heavy (non-hydrogen) atoms. The van der Waals surface area contributed by atoms with Gasteiger partial charge < -0.3 is 15.1 Å². The molecule has 5 heteroatoms. The fourth-order valence-corrected chi connectivity index (χ4v) is 2.55. The molecule has 0 radical (unpaired) electrons. The maximum atomic E-state index is 12.4. The monoisotopic (exact) mass is 312 g/mol. The lowest BCUT2D eigenvalue weighted by Crippen LogP contribution is -2.38. The van der Waals surface area contributed by atoms with Gasteiger partial charge in [-0.2, -0.15) is 5.26 Å². The number of carbonyl (C=O) groups excluding carboxylic acids is 1. The Morgan fingerprint density at radius 2 is 2.09 bits per heavy atom. The predicted molar refractivity (Wildman–Crippen MR) is 93.1 cm³/mol. The van der Waals surface area contributed by atoms with Crippen LogP contribution >= 0.6 is 0 Å². The quantitative estimate of drug-likeness (QED) is 0.686. The van der Waals surface area contributed by atoms with Gasteiger partial charge in [0.15, 0.2) is 0 Å². The molecule has 0 bridgehead atoms. The van der Waals surface area contributed by atoms with Crippen LogP contribution < -0.4 is 10.2 Å². The molecule has 0 aliphatic carbocycles. The van der Waals surface area contributed by atoms with Crippen LogP contribution in [0.25, 0.3) is 0 Å². The third kappa shape index (κ3) is 4.49. The lowest BCUT2D eigenvalue weighted by molar-refractivity contribution is -0.128. The summed E-state index contributed by atoms with van der Waals surface area (Å²) >= 11 is 0. The molecule has 1 aromatic carbocycles. The molecule has 1 fully saturated rings. The van der Waals surface area contributed by atoms with E-state index in [9.17, 15) is 10.1 Å². The first-order valence-corrected chi connectivity index (χ1v) is 7.94. The maximum absolute atomic E-state index is 12.4. The molecule has 0 atom stereocenters. The van der Waals surface area contributed by atoms with E-state index in [4.69, 9.17) is 0 Å². The number of benzene rings is 1. The first-order chi connectivity index (χ1) is 11.0. The summed E-state index contributed by atoms with van der Waals surface area (Å²) in [7, 11) is 3.94. The van der Waals surface area contributed by atoms with Gasteiger partial charge in [0.2, 0.25) is 0 Å². The molecular formula is C18H24N4O. The second kappa shape index (κ2) is 7.68. The normalized spacial score (nSPS) is 15.9. The van der Waals surface area contributed by atoms with E-state index in [-0.39, 0.29) is 11.5 Å². The average molecular weight is 312 g/mol. The molecule has 1 saturated heterocycles. The van der Waals surface area contributed by atoms with E-state index >= 15 is 0 Å². The van der Waals surface area contributed by atoms with Crippen molar-refractivity contribution in [3.8, 4) is 6.07 Å². The number of nitrogens with one attached hydrogen (secondary N) is 1. The number of amides is 1. The van der Waals surface area contributed by atoms with Crippen LogP contribution in [0.5, 0.6) is 0 Å². The van der Waals surface area contributed by atoms with Gasteiger partial charge in [0.1, 0.15) is 11.6 Å². The lowest BCUT2D eigenvalue weighted by Gasteiger charge is -2.30. The van der Waals surface area contributed by atoms with Crippen molar-refractivity contribution in [3.63, 3.8) is 0 Å². The second-order valence-electron chi connectivity index (χ2n) is 6.23. The molecule has 1 heterocycles. The second-order valence-corrected chi connectivity index (χ2v) is 6.23. The summed E-state index contributed by atoms with van der Waals surface area (Å²) in [5, 5.41) is 12.3. The SMILES string of the molecule is CC1CCN(C(=O)/C(C#N)=C\Nc2cccc(N(C)C)c2)CC1. The van der Waals surface area contributed by atoms with Crippen LogP contribution in [0.2, 0.25) is 0 Å². The highest BCUT2D eigenvalue weighted by atomic mass is 16.2. The Morgan fingerprint density at radius 1 is 1.39 bits per heavy atom. The predicted octanol–water partition coefficient (Wildman–Crippen LogP) is 2.83. The number of carbonyl (C=O) groups is 1. The summed E-state index contributed by atoms with van der Waals surface area (Å²) in [6.07, 6.45) is 3.51. The number of piperidine rings is 1. The van der Waals surface area contributed by atoms with Crippen LogP contribution in [0.3, 0.4) is 0 Å². The first-order valence-electron chi connectivity index (χ1n) is 7.94. The minimum atomic E-state index is -0.185. The average Bonchev–Trinajstić information content (AvgIpc) is 2.56. The zero-order chi connectivity index (χ0) is 16.8. The smallest absolute Gasteiger partial charge is 0.266 e. The molecule has 1 amide bonds. The van der Waals surface area contributed by atoms with Gasteiger partial charge in [-0.15, -0.1) is 0 Å². The lowest BCUT2D eigenvalue weighted by atomic mass is 9.99. The summed E-state index contributed by atoms with van der Waals surface area (Å²) in [5.41, 5.74) is 2.05. The largest absolute Gasteiger partial charge is 0.378 e. The summed E-state index contributed by atoms with van der Waals surface area (Å²) in [4.78, 5) is 16.2. The highest BCUT2D eigenvalue weighted by molar-refractivity contribution is 5.97. The zero-order valence-corrected chi connectivity index (χ0v) is 14.0. The molecule has 1 N–H and O–H groups in total. The number of rotatable bonds is 4. The van der Waals surface area contributed by atoms with Gasteiger partial charge in [0, 0.05) is 44.8 Å². The van der Waals surface area contributed by atoms with E-state index in [0.29, 0.717) is 5.92 Å². The van der Waals surface area contributed by atoms with Crippen LogP contribution in [0, 0.1) is 17.2 Å². The molecule has 0 unspecified atom stereocenters. The summed E-state index contributed by atoms with van der Waals surface area (Å²) in [6.45, 7) is 3.66. The standard InChI is InChI=1S/C18H24N4O/c1-14-7-9-22(10-8-14)18(23)15(12-19)13-20-16-5-4-6-17(11-16)21(2)3/h4-6,11,13-14,20H,7-10H2,1-3H3/b15-13-. The maximum Gasteiger partial charge on any atom is 0.266 e. The number of anilines is 2. The van der Waals surface area contributed by atoms with E-state index in [2.05, 4.69) is 12.2 Å². The Hall–Kier alpha value is -2.48. The third-order valence-electron chi connectivity index (χ3n) is 4.17. The van der Waals surface area contributed by atoms with Gasteiger partial charge in [-0.25, -0.2) is 0 Å². The van der Waals surface area contributed by atoms with Gasteiger partial charge in [0.25, 0.3) is 5.91 Å². The minimum absolute atomic E-state index is 0.148. The number of hydrogen-bond acceptors (Lipinski definition) is 4. The van der Waals surface area contributed by atoms with Crippen molar-refractivity contribution in [1.29, 1.82) is 5.26 Å². The van der Waals surface area contributed by atoms with Gasteiger partial charge in [-0.05, 0) is 37.0 Å². The van der Waals surface area contributed by atoms with E-state index in [1.807, 2.05) is 49.3 Å². The molecule has 0 aromatic heterocycles. The summed E-state index contributed by atoms with van der Waals surface area (Å²) < 4.78 is 0. The van der Waals surface area contributed by atoms with Crippen LogP contribution in [0.1, 0.15) is 19.8 Å². The third-order valence-corrected chi connectivity index (χ3v) is 4.17. The number of nitrogens with zero attached hydrogens (tertiary/aromatic N) is 3. The highest BCUT2D eigenvalue weighted by Gasteiger charge is 2.22. The van der Waals surface area contributed by atoms with E-state index < -0.39 is 0 Å². The van der Waals surface area contributed by atoms with Crippen molar-refractivity contribution in [1.82, 2.24) is 4.90 Å². The minimum Gasteiger partial charge on any atom is -0.378 e. The van der Waals surface area contributed by atoms with Crippen molar-refractivity contribution >= 4 is 17.3 Å². The molecule has 0 saturated carbocycles. The van der Waals surface area contributed by atoms with Gasteiger partial charge >= 0.3 is 0 Å². The molecular weight excluding hydrogens is 288 g/mol. The van der Waals surface area contributed by atoms with Crippen LogP contribution in [0.4, 0.5) is 11.4 Å². The summed E-state index contributed by atoms with van der Waals surface area (Å²) in [6, 6.07) is 9.83. The number of nitriles is 1.